The van der Waals surface area contributed by atoms with Gasteiger partial charge in [0.1, 0.15) is 0 Å². The average Bonchev–Trinajstić information content (AvgIpc) is 2.45. The van der Waals surface area contributed by atoms with Crippen molar-refractivity contribution in [3.8, 4) is 0 Å². The van der Waals surface area contributed by atoms with Crippen molar-refractivity contribution in [1.29, 1.82) is 0 Å². The van der Waals surface area contributed by atoms with Crippen LogP contribution in [0.2, 0.25) is 0 Å². The van der Waals surface area contributed by atoms with E-state index in [1.165, 1.54) is 4.90 Å². The molecule has 0 bridgehead atoms. The minimum Gasteiger partial charge on any atom is -0.278 e. The fraction of sp³-hybridized carbons (Fsp3) is 0.636. The molecule has 2 amide bonds. The molecule has 0 radical (unpaired) electrons. The molecule has 0 aromatic rings. The van der Waals surface area contributed by atoms with Gasteiger partial charge in [-0.2, -0.15) is 0 Å². The van der Waals surface area contributed by atoms with Crippen LogP contribution in [0.3, 0.4) is 0 Å². The lowest BCUT2D eigenvalue weighted by Crippen LogP contribution is -2.30. The lowest BCUT2D eigenvalue weighted by atomic mass is 10.1. The Kier molecular flexibility index (Phi) is 3.86. The van der Waals surface area contributed by atoms with Crippen molar-refractivity contribution >= 4 is 11.8 Å². The van der Waals surface area contributed by atoms with Gasteiger partial charge in [-0.1, -0.05) is 26.0 Å². The molecular formula is C11H17NO2. The van der Waals surface area contributed by atoms with Crippen LogP contribution in [0.15, 0.2) is 12.2 Å². The number of nitrogens with zero attached hydrogens (tertiary/aromatic N) is 1. The maximum absolute atomic E-state index is 11.6. The van der Waals surface area contributed by atoms with E-state index < -0.39 is 0 Å². The summed E-state index contributed by atoms with van der Waals surface area (Å²) < 4.78 is 0. The van der Waals surface area contributed by atoms with Crippen LogP contribution in [0, 0.1) is 5.92 Å². The molecule has 0 aliphatic carbocycles. The first-order valence-electron chi connectivity index (χ1n) is 5.19. The molecule has 1 rings (SSSR count). The van der Waals surface area contributed by atoms with Gasteiger partial charge >= 0.3 is 0 Å². The summed E-state index contributed by atoms with van der Waals surface area (Å²) in [6.45, 7) is 4.42. The Labute approximate surface area is 84.8 Å². The van der Waals surface area contributed by atoms with Crippen LogP contribution in [0.5, 0.6) is 0 Å². The Morgan fingerprint density at radius 3 is 2.57 bits per heavy atom. The molecule has 1 aliphatic heterocycles. The van der Waals surface area contributed by atoms with Crippen molar-refractivity contribution in [3.05, 3.63) is 12.2 Å². The number of carbonyl (C=O) groups is 2. The van der Waals surface area contributed by atoms with E-state index in [0.717, 1.165) is 12.8 Å². The summed E-state index contributed by atoms with van der Waals surface area (Å²) in [5.41, 5.74) is 0. The van der Waals surface area contributed by atoms with Gasteiger partial charge < -0.3 is 0 Å². The second-order valence-electron chi connectivity index (χ2n) is 3.53. The smallest absolute Gasteiger partial charge is 0.233 e. The summed E-state index contributed by atoms with van der Waals surface area (Å²) in [4.78, 5) is 24.4. The first kappa shape index (κ1) is 11.0. The van der Waals surface area contributed by atoms with E-state index in [0.29, 0.717) is 13.0 Å². The molecule has 1 fully saturated rings. The zero-order chi connectivity index (χ0) is 10.6. The summed E-state index contributed by atoms with van der Waals surface area (Å²) in [7, 11) is 0. The number of carbonyl (C=O) groups excluding carboxylic acids is 2. The number of rotatable bonds is 4. The van der Waals surface area contributed by atoms with Crippen LogP contribution in [0.25, 0.3) is 0 Å². The van der Waals surface area contributed by atoms with Crippen molar-refractivity contribution < 1.29 is 9.59 Å². The largest absolute Gasteiger partial charge is 0.278 e. The number of imide groups is 1. The monoisotopic (exact) mass is 195 g/mol. The zero-order valence-corrected chi connectivity index (χ0v) is 8.82. The Hall–Kier alpha value is -1.12. The van der Waals surface area contributed by atoms with Gasteiger partial charge in [-0.15, -0.1) is 0 Å². The molecule has 0 saturated carbocycles. The SMILES string of the molecule is CCC=CCN1C(=O)CC(CC)C1=O. The lowest BCUT2D eigenvalue weighted by Gasteiger charge is -2.11. The highest BCUT2D eigenvalue weighted by Crippen LogP contribution is 2.21. The molecule has 1 aliphatic rings. The maximum Gasteiger partial charge on any atom is 0.233 e. The van der Waals surface area contributed by atoms with Gasteiger partial charge in [0, 0.05) is 18.9 Å². The predicted octanol–water partition coefficient (Wildman–Crippen LogP) is 1.74. The number of hydrogen-bond acceptors (Lipinski definition) is 2. The molecule has 1 unspecified atom stereocenters. The molecule has 1 heterocycles. The van der Waals surface area contributed by atoms with E-state index in [-0.39, 0.29) is 17.7 Å². The van der Waals surface area contributed by atoms with Gasteiger partial charge in [0.15, 0.2) is 0 Å². The molecule has 1 saturated heterocycles. The first-order chi connectivity index (χ1) is 6.70. The Balaban J connectivity index is 2.56. The number of hydrogen-bond donors (Lipinski definition) is 0. The van der Waals surface area contributed by atoms with Crippen molar-refractivity contribution in [2.75, 3.05) is 6.54 Å². The second-order valence-corrected chi connectivity index (χ2v) is 3.53. The van der Waals surface area contributed by atoms with Gasteiger partial charge in [-0.25, -0.2) is 0 Å². The molecule has 1 atom stereocenters. The molecule has 3 heteroatoms. The third-order valence-electron chi connectivity index (χ3n) is 2.52. The zero-order valence-electron chi connectivity index (χ0n) is 8.82. The van der Waals surface area contributed by atoms with Crippen molar-refractivity contribution in [2.24, 2.45) is 5.92 Å². The predicted molar refractivity (Wildman–Crippen MR) is 54.5 cm³/mol. The highest BCUT2D eigenvalue weighted by atomic mass is 16.2. The van der Waals surface area contributed by atoms with Crippen LogP contribution in [0.4, 0.5) is 0 Å². The minimum atomic E-state index is -0.0717. The molecule has 3 nitrogen and oxygen atoms in total. The molecular weight excluding hydrogens is 178 g/mol. The van der Waals surface area contributed by atoms with E-state index in [2.05, 4.69) is 0 Å². The normalized spacial score (nSPS) is 22.7. The Morgan fingerprint density at radius 2 is 2.07 bits per heavy atom. The third-order valence-corrected chi connectivity index (χ3v) is 2.52. The fourth-order valence-electron chi connectivity index (χ4n) is 1.61. The van der Waals surface area contributed by atoms with Crippen LogP contribution < -0.4 is 0 Å². The van der Waals surface area contributed by atoms with Crippen molar-refractivity contribution in [2.45, 2.75) is 33.1 Å². The highest BCUT2D eigenvalue weighted by Gasteiger charge is 2.36. The van der Waals surface area contributed by atoms with E-state index >= 15 is 0 Å². The minimum absolute atomic E-state index is 0.00162. The van der Waals surface area contributed by atoms with E-state index in [1.54, 1.807) is 0 Å². The first-order valence-corrected chi connectivity index (χ1v) is 5.19. The average molecular weight is 195 g/mol. The molecule has 78 valence electrons. The standard InChI is InChI=1S/C11H17NO2/c1-3-5-6-7-12-10(13)8-9(4-2)11(12)14/h5-6,9H,3-4,7-8H2,1-2H3. The van der Waals surface area contributed by atoms with E-state index in [4.69, 9.17) is 0 Å². The topological polar surface area (TPSA) is 37.4 Å². The van der Waals surface area contributed by atoms with Crippen LogP contribution in [0.1, 0.15) is 33.1 Å². The Bertz CT molecular complexity index is 258. The van der Waals surface area contributed by atoms with Crippen LogP contribution in [-0.2, 0) is 9.59 Å². The maximum atomic E-state index is 11.6. The molecule has 14 heavy (non-hydrogen) atoms. The van der Waals surface area contributed by atoms with Gasteiger partial charge in [-0.05, 0) is 12.8 Å². The quantitative estimate of drug-likeness (QED) is 0.506. The van der Waals surface area contributed by atoms with Crippen LogP contribution in [-0.4, -0.2) is 23.3 Å². The summed E-state index contributed by atoms with van der Waals surface area (Å²) >= 11 is 0. The fourth-order valence-corrected chi connectivity index (χ4v) is 1.61. The lowest BCUT2D eigenvalue weighted by molar-refractivity contribution is -0.138. The van der Waals surface area contributed by atoms with E-state index in [1.807, 2.05) is 26.0 Å². The molecule has 0 aromatic carbocycles. The van der Waals surface area contributed by atoms with Gasteiger partial charge in [0.25, 0.3) is 0 Å². The number of allylic oxidation sites excluding steroid dienone is 1. The summed E-state index contributed by atoms with van der Waals surface area (Å²) in [5, 5.41) is 0. The van der Waals surface area contributed by atoms with Gasteiger partial charge in [0.2, 0.25) is 11.8 Å². The third kappa shape index (κ3) is 2.22. The number of amides is 2. The van der Waals surface area contributed by atoms with Crippen molar-refractivity contribution in [1.82, 2.24) is 4.90 Å². The second kappa shape index (κ2) is 4.94. The summed E-state index contributed by atoms with van der Waals surface area (Å²) in [5.74, 6) is -0.0987. The molecule has 0 spiro atoms. The Morgan fingerprint density at radius 1 is 1.36 bits per heavy atom. The number of likely N-dealkylation sites (tertiary alicyclic amines) is 1. The van der Waals surface area contributed by atoms with E-state index in [9.17, 15) is 9.59 Å². The van der Waals surface area contributed by atoms with Gasteiger partial charge in [-0.3, -0.25) is 14.5 Å². The van der Waals surface area contributed by atoms with Crippen LogP contribution >= 0.6 is 0 Å². The molecule has 0 aromatic heterocycles. The summed E-state index contributed by atoms with van der Waals surface area (Å²) in [6.07, 6.45) is 5.95. The van der Waals surface area contributed by atoms with Crippen molar-refractivity contribution in [3.63, 3.8) is 0 Å². The summed E-state index contributed by atoms with van der Waals surface area (Å²) in [6, 6.07) is 0. The highest BCUT2D eigenvalue weighted by molar-refractivity contribution is 6.03. The molecule has 0 N–H and O–H groups in total. The van der Waals surface area contributed by atoms with Gasteiger partial charge in [0.05, 0.1) is 0 Å².